The van der Waals surface area contributed by atoms with Gasteiger partial charge >= 0.3 is 0 Å². The number of sulfonamides is 1. The Kier molecular flexibility index (Phi) is 3.84. The molecular formula is C16H17N5O2S2. The normalized spacial score (nSPS) is 13.8. The van der Waals surface area contributed by atoms with Crippen molar-refractivity contribution in [1.29, 1.82) is 0 Å². The highest BCUT2D eigenvalue weighted by Gasteiger charge is 2.19. The van der Waals surface area contributed by atoms with Crippen LogP contribution in [-0.4, -0.2) is 33.3 Å². The maximum absolute atomic E-state index is 12.4. The van der Waals surface area contributed by atoms with Crippen LogP contribution in [0.25, 0.3) is 11.3 Å². The van der Waals surface area contributed by atoms with E-state index in [4.69, 9.17) is 0 Å². The van der Waals surface area contributed by atoms with Crippen LogP contribution < -0.4 is 4.72 Å². The lowest BCUT2D eigenvalue weighted by Crippen LogP contribution is -2.13. The van der Waals surface area contributed by atoms with Crippen LogP contribution in [0.2, 0.25) is 0 Å². The fraction of sp³-hybridized carbons (Fsp3) is 0.250. The number of hydrogen-bond acceptors (Lipinski definition) is 5. The van der Waals surface area contributed by atoms with Crippen molar-refractivity contribution >= 4 is 27.5 Å². The number of benzene rings is 1. The zero-order chi connectivity index (χ0) is 17.6. The van der Waals surface area contributed by atoms with Crippen molar-refractivity contribution in [2.75, 3.05) is 10.5 Å². The minimum atomic E-state index is -3.69. The third-order valence-corrected chi connectivity index (χ3v) is 6.32. The van der Waals surface area contributed by atoms with Gasteiger partial charge in [-0.1, -0.05) is 23.9 Å². The summed E-state index contributed by atoms with van der Waals surface area (Å²) in [6, 6.07) is 7.20. The summed E-state index contributed by atoms with van der Waals surface area (Å²) in [6.07, 6.45) is 3.53. The second-order valence-corrected chi connectivity index (χ2v) is 8.56. The van der Waals surface area contributed by atoms with Crippen LogP contribution in [0.3, 0.4) is 0 Å². The van der Waals surface area contributed by atoms with Gasteiger partial charge in [0, 0.05) is 43.0 Å². The predicted octanol–water partition coefficient (Wildman–Crippen LogP) is 2.50. The van der Waals surface area contributed by atoms with Crippen LogP contribution in [-0.2, 0) is 23.6 Å². The lowest BCUT2D eigenvalue weighted by atomic mass is 10.1. The summed E-state index contributed by atoms with van der Waals surface area (Å²) in [4.78, 5) is 8.67. The van der Waals surface area contributed by atoms with Crippen LogP contribution in [0, 0.1) is 6.92 Å². The first-order valence-electron chi connectivity index (χ1n) is 7.75. The molecule has 4 rings (SSSR count). The molecule has 0 saturated heterocycles. The Bertz CT molecular complexity index is 994. The Labute approximate surface area is 150 Å². The number of fused-ring (bicyclic) bond motifs is 1. The highest BCUT2D eigenvalue weighted by Crippen LogP contribution is 2.29. The van der Waals surface area contributed by atoms with E-state index >= 15 is 0 Å². The Morgan fingerprint density at radius 3 is 2.56 bits per heavy atom. The summed E-state index contributed by atoms with van der Waals surface area (Å²) in [7, 11) is -1.93. The fourth-order valence-corrected chi connectivity index (χ4v) is 4.66. The number of aryl methyl sites for hydroxylation is 3. The highest BCUT2D eigenvalue weighted by molar-refractivity contribution is 7.99. The van der Waals surface area contributed by atoms with E-state index in [2.05, 4.69) is 19.3 Å². The van der Waals surface area contributed by atoms with E-state index < -0.39 is 10.0 Å². The van der Waals surface area contributed by atoms with Crippen molar-refractivity contribution in [3.05, 3.63) is 42.5 Å². The number of aromatic nitrogens is 4. The summed E-state index contributed by atoms with van der Waals surface area (Å²) >= 11 is 1.75. The first-order valence-corrected chi connectivity index (χ1v) is 10.2. The average molecular weight is 375 g/mol. The van der Waals surface area contributed by atoms with Gasteiger partial charge in [-0.25, -0.2) is 9.97 Å². The molecule has 7 nitrogen and oxygen atoms in total. The molecule has 0 bridgehead atoms. The summed E-state index contributed by atoms with van der Waals surface area (Å²) in [6.45, 7) is 2.74. The molecule has 0 unspecified atom stereocenters. The lowest BCUT2D eigenvalue weighted by Gasteiger charge is -2.06. The SMILES string of the molecule is Cc1nc(S(=O)(=O)Nc2ccc(-c3cn4c(n3)SCC4)cc2)cn1C. The third kappa shape index (κ3) is 3.05. The van der Waals surface area contributed by atoms with E-state index in [1.165, 1.54) is 6.20 Å². The molecule has 0 spiro atoms. The molecule has 3 heterocycles. The standard InChI is InChI=1S/C16H17N5O2S2/c1-11-17-15(10-20(11)2)25(22,23)19-13-5-3-12(4-6-13)14-9-21-7-8-24-16(21)18-14/h3-6,9-10,19H,7-8H2,1-2H3. The molecule has 25 heavy (non-hydrogen) atoms. The molecule has 3 aromatic rings. The van der Waals surface area contributed by atoms with Gasteiger partial charge in [-0.15, -0.1) is 0 Å². The number of nitrogens with zero attached hydrogens (tertiary/aromatic N) is 4. The van der Waals surface area contributed by atoms with Crippen molar-refractivity contribution in [2.24, 2.45) is 7.05 Å². The summed E-state index contributed by atoms with van der Waals surface area (Å²) in [5.74, 6) is 1.71. The number of rotatable bonds is 4. The lowest BCUT2D eigenvalue weighted by molar-refractivity contribution is 0.598. The maximum atomic E-state index is 12.4. The van der Waals surface area contributed by atoms with Gasteiger partial charge in [0.15, 0.2) is 10.2 Å². The van der Waals surface area contributed by atoms with E-state index in [0.717, 1.165) is 28.7 Å². The van der Waals surface area contributed by atoms with Crippen molar-refractivity contribution < 1.29 is 8.42 Å². The van der Waals surface area contributed by atoms with Gasteiger partial charge in [0.05, 0.1) is 5.69 Å². The molecule has 130 valence electrons. The second kappa shape index (κ2) is 5.92. The van der Waals surface area contributed by atoms with Crippen LogP contribution in [0.5, 0.6) is 0 Å². The topological polar surface area (TPSA) is 81.8 Å². The molecule has 9 heteroatoms. The van der Waals surface area contributed by atoms with Gasteiger partial charge in [0.1, 0.15) is 5.82 Å². The Hall–Kier alpha value is -2.26. The van der Waals surface area contributed by atoms with Crippen LogP contribution >= 0.6 is 11.8 Å². The van der Waals surface area contributed by atoms with Crippen molar-refractivity contribution in [3.8, 4) is 11.3 Å². The predicted molar refractivity (Wildman–Crippen MR) is 97.1 cm³/mol. The number of imidazole rings is 2. The molecular weight excluding hydrogens is 358 g/mol. The quantitative estimate of drug-likeness (QED) is 0.758. The fourth-order valence-electron chi connectivity index (χ4n) is 2.62. The minimum absolute atomic E-state index is 0.0131. The van der Waals surface area contributed by atoms with Crippen LogP contribution in [0.4, 0.5) is 5.69 Å². The van der Waals surface area contributed by atoms with E-state index in [1.54, 1.807) is 42.4 Å². The zero-order valence-electron chi connectivity index (χ0n) is 13.8. The molecule has 1 aliphatic heterocycles. The van der Waals surface area contributed by atoms with Gasteiger partial charge in [-0.3, -0.25) is 4.72 Å². The monoisotopic (exact) mass is 375 g/mol. The van der Waals surface area contributed by atoms with E-state index in [0.29, 0.717) is 11.5 Å². The van der Waals surface area contributed by atoms with Crippen molar-refractivity contribution in [1.82, 2.24) is 19.1 Å². The highest BCUT2D eigenvalue weighted by atomic mass is 32.2. The summed E-state index contributed by atoms with van der Waals surface area (Å²) in [5, 5.41) is 1.05. The number of anilines is 1. The second-order valence-electron chi connectivity index (χ2n) is 5.87. The summed E-state index contributed by atoms with van der Waals surface area (Å²) in [5.41, 5.74) is 2.35. The van der Waals surface area contributed by atoms with Crippen LogP contribution in [0.15, 0.2) is 46.8 Å². The van der Waals surface area contributed by atoms with Gasteiger partial charge < -0.3 is 9.13 Å². The Morgan fingerprint density at radius 2 is 1.92 bits per heavy atom. The first-order chi connectivity index (χ1) is 11.9. The summed E-state index contributed by atoms with van der Waals surface area (Å²) < 4.78 is 31.2. The van der Waals surface area contributed by atoms with Gasteiger partial charge in [0.25, 0.3) is 10.0 Å². The molecule has 0 aliphatic carbocycles. The van der Waals surface area contributed by atoms with Crippen LogP contribution in [0.1, 0.15) is 5.82 Å². The maximum Gasteiger partial charge on any atom is 0.280 e. The largest absolute Gasteiger partial charge is 0.337 e. The molecule has 2 aromatic heterocycles. The molecule has 0 amide bonds. The van der Waals surface area contributed by atoms with E-state index in [9.17, 15) is 8.42 Å². The van der Waals surface area contributed by atoms with E-state index in [1.807, 2.05) is 18.3 Å². The molecule has 1 N–H and O–H groups in total. The Morgan fingerprint density at radius 1 is 1.16 bits per heavy atom. The number of nitrogens with one attached hydrogen (secondary N) is 1. The molecule has 1 aliphatic rings. The first kappa shape index (κ1) is 16.2. The average Bonchev–Trinajstić information content (AvgIpc) is 3.23. The third-order valence-electron chi connectivity index (χ3n) is 4.10. The van der Waals surface area contributed by atoms with Gasteiger partial charge in [0.2, 0.25) is 0 Å². The van der Waals surface area contributed by atoms with E-state index in [-0.39, 0.29) is 5.03 Å². The number of thioether (sulfide) groups is 1. The molecule has 1 aromatic carbocycles. The smallest absolute Gasteiger partial charge is 0.280 e. The number of hydrogen-bond donors (Lipinski definition) is 1. The minimum Gasteiger partial charge on any atom is -0.337 e. The van der Waals surface area contributed by atoms with Crippen molar-refractivity contribution in [3.63, 3.8) is 0 Å². The molecule has 0 fully saturated rings. The Balaban J connectivity index is 1.55. The van der Waals surface area contributed by atoms with Crippen molar-refractivity contribution in [2.45, 2.75) is 23.7 Å². The van der Waals surface area contributed by atoms with Gasteiger partial charge in [-0.2, -0.15) is 8.42 Å². The van der Waals surface area contributed by atoms with Gasteiger partial charge in [-0.05, 0) is 19.1 Å². The molecule has 0 saturated carbocycles. The molecule has 0 atom stereocenters. The zero-order valence-corrected chi connectivity index (χ0v) is 15.4. The molecule has 0 radical (unpaired) electrons.